The highest BCUT2D eigenvalue weighted by Crippen LogP contribution is 2.46. The van der Waals surface area contributed by atoms with Crippen LogP contribution in [0.5, 0.6) is 0 Å². The number of aromatic nitrogens is 2. The fourth-order valence-corrected chi connectivity index (χ4v) is 1.70. The lowest BCUT2D eigenvalue weighted by Crippen LogP contribution is -2.02. The lowest BCUT2D eigenvalue weighted by atomic mass is 10.1. The van der Waals surface area contributed by atoms with Gasteiger partial charge in [0.25, 0.3) is 5.89 Å². The largest absolute Gasteiger partial charge is 0.398 e. The molecule has 1 aliphatic carbocycles. The molecule has 1 heterocycles. The predicted octanol–water partition coefficient (Wildman–Crippen LogP) is 2.51. The molecule has 5 heteroatoms. The number of nitrogens with two attached hydrogens (primary N) is 1. The first-order valence-electron chi connectivity index (χ1n) is 5.48. The number of hydrogen-bond donors (Lipinski definition) is 1. The smallest absolute Gasteiger partial charge is 0.260 e. The molecule has 0 atom stereocenters. The van der Waals surface area contributed by atoms with E-state index >= 15 is 0 Å². The van der Waals surface area contributed by atoms with Crippen LogP contribution in [0.3, 0.4) is 0 Å². The van der Waals surface area contributed by atoms with Gasteiger partial charge >= 0.3 is 0 Å². The molecule has 1 saturated carbocycles. The molecule has 88 valence electrons. The van der Waals surface area contributed by atoms with Gasteiger partial charge < -0.3 is 10.3 Å². The van der Waals surface area contributed by atoms with Crippen molar-refractivity contribution in [3.63, 3.8) is 0 Å². The van der Waals surface area contributed by atoms with Crippen LogP contribution in [0, 0.1) is 5.82 Å². The van der Waals surface area contributed by atoms with Gasteiger partial charge in [-0.2, -0.15) is 4.98 Å². The maximum atomic E-state index is 13.1. The molecule has 2 N–H and O–H groups in total. The zero-order valence-corrected chi connectivity index (χ0v) is 9.40. The van der Waals surface area contributed by atoms with Gasteiger partial charge in [-0.05, 0) is 31.0 Å². The van der Waals surface area contributed by atoms with Crippen LogP contribution in [0.15, 0.2) is 22.7 Å². The van der Waals surface area contributed by atoms with Crippen molar-refractivity contribution in [3.8, 4) is 11.5 Å². The molecule has 0 radical (unpaired) electrons. The molecule has 1 aromatic heterocycles. The summed E-state index contributed by atoms with van der Waals surface area (Å²) >= 11 is 0. The summed E-state index contributed by atoms with van der Waals surface area (Å²) in [5.41, 5.74) is 6.68. The van der Waals surface area contributed by atoms with E-state index in [2.05, 4.69) is 17.1 Å². The number of hydrogen-bond acceptors (Lipinski definition) is 4. The van der Waals surface area contributed by atoms with Gasteiger partial charge in [0, 0.05) is 11.1 Å². The van der Waals surface area contributed by atoms with Crippen molar-refractivity contribution in [3.05, 3.63) is 29.8 Å². The minimum absolute atomic E-state index is 0.0316. The fraction of sp³-hybridized carbons (Fsp3) is 0.333. The van der Waals surface area contributed by atoms with Crippen molar-refractivity contribution < 1.29 is 8.91 Å². The molecular weight excluding hydrogens is 221 g/mol. The van der Waals surface area contributed by atoms with E-state index in [0.717, 1.165) is 12.8 Å². The van der Waals surface area contributed by atoms with Gasteiger partial charge in [0.2, 0.25) is 0 Å². The summed E-state index contributed by atoms with van der Waals surface area (Å²) in [5, 5.41) is 3.93. The molecular formula is C12H12FN3O. The number of nitrogen functional groups attached to an aromatic ring is 1. The van der Waals surface area contributed by atoms with E-state index in [1.165, 1.54) is 18.2 Å². The first kappa shape index (κ1) is 10.3. The predicted molar refractivity (Wildman–Crippen MR) is 60.7 cm³/mol. The Morgan fingerprint density at radius 2 is 2.18 bits per heavy atom. The van der Waals surface area contributed by atoms with Gasteiger partial charge in [0.05, 0.1) is 5.56 Å². The third kappa shape index (κ3) is 1.67. The second kappa shape index (κ2) is 3.29. The molecule has 2 aromatic rings. The van der Waals surface area contributed by atoms with Crippen LogP contribution in [-0.2, 0) is 5.41 Å². The highest BCUT2D eigenvalue weighted by Gasteiger charge is 2.43. The quantitative estimate of drug-likeness (QED) is 0.809. The van der Waals surface area contributed by atoms with Crippen LogP contribution >= 0.6 is 0 Å². The van der Waals surface area contributed by atoms with E-state index in [1.807, 2.05) is 0 Å². The Labute approximate surface area is 97.6 Å². The van der Waals surface area contributed by atoms with Crippen LogP contribution in [0.25, 0.3) is 11.5 Å². The van der Waals surface area contributed by atoms with Crippen molar-refractivity contribution in [2.75, 3.05) is 5.73 Å². The van der Waals surface area contributed by atoms with Crippen LogP contribution in [0.1, 0.15) is 25.6 Å². The zero-order chi connectivity index (χ0) is 12.0. The van der Waals surface area contributed by atoms with E-state index in [4.69, 9.17) is 10.3 Å². The van der Waals surface area contributed by atoms with Gasteiger partial charge in [0.15, 0.2) is 5.82 Å². The van der Waals surface area contributed by atoms with Crippen LogP contribution in [0.4, 0.5) is 10.1 Å². The summed E-state index contributed by atoms with van der Waals surface area (Å²) in [4.78, 5) is 4.29. The third-order valence-corrected chi connectivity index (χ3v) is 3.21. The molecule has 0 amide bonds. The maximum absolute atomic E-state index is 13.1. The molecule has 0 saturated heterocycles. The lowest BCUT2D eigenvalue weighted by Gasteiger charge is -2.00. The zero-order valence-electron chi connectivity index (χ0n) is 9.40. The molecule has 0 bridgehead atoms. The average Bonchev–Trinajstić information content (AvgIpc) is 2.88. The molecule has 4 nitrogen and oxygen atoms in total. The molecule has 1 aromatic carbocycles. The van der Waals surface area contributed by atoms with E-state index in [9.17, 15) is 4.39 Å². The average molecular weight is 233 g/mol. The first-order chi connectivity index (χ1) is 8.08. The number of halogens is 1. The Morgan fingerprint density at radius 1 is 1.41 bits per heavy atom. The topological polar surface area (TPSA) is 64.9 Å². The number of anilines is 1. The molecule has 0 unspecified atom stereocenters. The SMILES string of the molecule is CC1(c2noc(-c3cc(F)ccc3N)n2)CC1. The van der Waals surface area contributed by atoms with E-state index < -0.39 is 0 Å². The number of rotatable bonds is 2. The number of benzene rings is 1. The van der Waals surface area contributed by atoms with Gasteiger partial charge in [-0.3, -0.25) is 0 Å². The molecule has 1 fully saturated rings. The first-order valence-corrected chi connectivity index (χ1v) is 5.48. The van der Waals surface area contributed by atoms with Crippen molar-refractivity contribution in [1.29, 1.82) is 0 Å². The lowest BCUT2D eigenvalue weighted by molar-refractivity contribution is 0.416. The number of nitrogens with zero attached hydrogens (tertiary/aromatic N) is 2. The summed E-state index contributed by atoms with van der Waals surface area (Å²) in [6.07, 6.45) is 2.12. The molecule has 0 spiro atoms. The Bertz CT molecular complexity index is 575. The van der Waals surface area contributed by atoms with E-state index in [0.29, 0.717) is 17.1 Å². The van der Waals surface area contributed by atoms with Crippen molar-refractivity contribution >= 4 is 5.69 Å². The Hall–Kier alpha value is -1.91. The molecule has 17 heavy (non-hydrogen) atoms. The molecule has 3 rings (SSSR count). The van der Waals surface area contributed by atoms with E-state index in [1.54, 1.807) is 0 Å². The van der Waals surface area contributed by atoms with Gasteiger partial charge in [-0.25, -0.2) is 4.39 Å². The Kier molecular flexibility index (Phi) is 1.98. The van der Waals surface area contributed by atoms with Crippen molar-refractivity contribution in [2.45, 2.75) is 25.2 Å². The molecule has 1 aliphatic rings. The highest BCUT2D eigenvalue weighted by atomic mass is 19.1. The minimum atomic E-state index is -0.369. The summed E-state index contributed by atoms with van der Waals surface area (Å²) in [5.74, 6) is 0.591. The van der Waals surface area contributed by atoms with Crippen LogP contribution in [0.2, 0.25) is 0 Å². The summed E-state index contributed by atoms with van der Waals surface area (Å²) in [7, 11) is 0. The standard InChI is InChI=1S/C12H12FN3O/c1-12(4-5-12)11-15-10(17-16-11)8-6-7(13)2-3-9(8)14/h2-3,6H,4-5,14H2,1H3. The van der Waals surface area contributed by atoms with Gasteiger partial charge in [0.1, 0.15) is 5.82 Å². The van der Waals surface area contributed by atoms with Gasteiger partial charge in [-0.1, -0.05) is 12.1 Å². The Balaban J connectivity index is 2.03. The van der Waals surface area contributed by atoms with Gasteiger partial charge in [-0.15, -0.1) is 0 Å². The van der Waals surface area contributed by atoms with Crippen LogP contribution in [-0.4, -0.2) is 10.1 Å². The summed E-state index contributed by atoms with van der Waals surface area (Å²) < 4.78 is 18.3. The monoisotopic (exact) mass is 233 g/mol. The van der Waals surface area contributed by atoms with Crippen molar-refractivity contribution in [1.82, 2.24) is 10.1 Å². The third-order valence-electron chi connectivity index (χ3n) is 3.21. The fourth-order valence-electron chi connectivity index (χ4n) is 1.70. The normalized spacial score (nSPS) is 17.1. The second-order valence-electron chi connectivity index (χ2n) is 4.72. The summed E-state index contributed by atoms with van der Waals surface area (Å²) in [6.45, 7) is 2.08. The van der Waals surface area contributed by atoms with E-state index in [-0.39, 0.29) is 17.1 Å². The minimum Gasteiger partial charge on any atom is -0.398 e. The van der Waals surface area contributed by atoms with Crippen molar-refractivity contribution in [2.24, 2.45) is 0 Å². The second-order valence-corrected chi connectivity index (χ2v) is 4.72. The molecule has 0 aliphatic heterocycles. The maximum Gasteiger partial charge on any atom is 0.260 e. The van der Waals surface area contributed by atoms with Crippen LogP contribution < -0.4 is 5.73 Å². The Morgan fingerprint density at radius 3 is 2.88 bits per heavy atom. The highest BCUT2D eigenvalue weighted by molar-refractivity contribution is 5.70. The summed E-state index contributed by atoms with van der Waals surface area (Å²) in [6, 6.07) is 4.10.